The number of alkyl carbamates (subject to hydrolysis) is 1. The van der Waals surface area contributed by atoms with Gasteiger partial charge >= 0.3 is 17.7 Å². The first kappa shape index (κ1) is 24.0. The lowest BCUT2D eigenvalue weighted by atomic mass is 10.0. The molecule has 1 amide bonds. The second-order valence-electron chi connectivity index (χ2n) is 7.85. The SMILES string of the molecule is CCc1cc(=O)oc2cc(C)cc(OC(=O)CCCCCNC(=O)OCc3ccccc3)c12. The average Bonchev–Trinajstić information content (AvgIpc) is 2.79. The van der Waals surface area contributed by atoms with Gasteiger partial charge in [-0.05, 0) is 55.0 Å². The van der Waals surface area contributed by atoms with Crippen LogP contribution in [0.15, 0.2) is 57.7 Å². The van der Waals surface area contributed by atoms with Gasteiger partial charge in [0.15, 0.2) is 0 Å². The number of hydrogen-bond acceptors (Lipinski definition) is 6. The van der Waals surface area contributed by atoms with E-state index in [9.17, 15) is 14.4 Å². The maximum absolute atomic E-state index is 12.4. The third-order valence-corrected chi connectivity index (χ3v) is 5.18. The van der Waals surface area contributed by atoms with E-state index >= 15 is 0 Å². The van der Waals surface area contributed by atoms with Gasteiger partial charge in [0.1, 0.15) is 17.9 Å². The fraction of sp³-hybridized carbons (Fsp3) is 0.346. The van der Waals surface area contributed by atoms with Crippen LogP contribution in [-0.4, -0.2) is 18.6 Å². The van der Waals surface area contributed by atoms with Crippen molar-refractivity contribution in [3.63, 3.8) is 0 Å². The molecule has 0 bridgehead atoms. The minimum Gasteiger partial charge on any atom is -0.445 e. The molecule has 2 aromatic carbocycles. The van der Waals surface area contributed by atoms with Crippen LogP contribution in [0.2, 0.25) is 0 Å². The molecule has 0 saturated carbocycles. The number of fused-ring (bicyclic) bond motifs is 1. The Morgan fingerprint density at radius 3 is 2.58 bits per heavy atom. The summed E-state index contributed by atoms with van der Waals surface area (Å²) in [5.74, 6) is 0.0730. The zero-order chi connectivity index (χ0) is 23.6. The fourth-order valence-electron chi connectivity index (χ4n) is 3.54. The topological polar surface area (TPSA) is 94.8 Å². The molecule has 7 heteroatoms. The zero-order valence-corrected chi connectivity index (χ0v) is 19.0. The van der Waals surface area contributed by atoms with Crippen molar-refractivity contribution in [3.8, 4) is 5.75 Å². The second kappa shape index (κ2) is 11.9. The third kappa shape index (κ3) is 7.20. The number of amides is 1. The Labute approximate surface area is 192 Å². The van der Waals surface area contributed by atoms with Crippen LogP contribution in [0.4, 0.5) is 4.79 Å². The monoisotopic (exact) mass is 451 g/mol. The van der Waals surface area contributed by atoms with Crippen molar-refractivity contribution in [1.82, 2.24) is 5.32 Å². The van der Waals surface area contributed by atoms with Crippen LogP contribution in [0.25, 0.3) is 11.0 Å². The summed E-state index contributed by atoms with van der Waals surface area (Å²) >= 11 is 0. The van der Waals surface area contributed by atoms with E-state index < -0.39 is 11.7 Å². The fourth-order valence-corrected chi connectivity index (χ4v) is 3.54. The molecule has 0 aliphatic rings. The number of rotatable bonds is 10. The first-order valence-corrected chi connectivity index (χ1v) is 11.2. The van der Waals surface area contributed by atoms with E-state index in [-0.39, 0.29) is 19.0 Å². The summed E-state index contributed by atoms with van der Waals surface area (Å²) in [7, 11) is 0. The summed E-state index contributed by atoms with van der Waals surface area (Å²) in [6.45, 7) is 4.50. The highest BCUT2D eigenvalue weighted by Gasteiger charge is 2.14. The Kier molecular flexibility index (Phi) is 8.63. The lowest BCUT2D eigenvalue weighted by Gasteiger charge is -2.11. The zero-order valence-electron chi connectivity index (χ0n) is 19.0. The quantitative estimate of drug-likeness (QED) is 0.200. The number of aryl methyl sites for hydroxylation is 2. The summed E-state index contributed by atoms with van der Waals surface area (Å²) in [6.07, 6.45) is 2.55. The number of hydrogen-bond donors (Lipinski definition) is 1. The lowest BCUT2D eigenvalue weighted by Crippen LogP contribution is -2.25. The highest BCUT2D eigenvalue weighted by atomic mass is 16.5. The molecule has 0 atom stereocenters. The molecule has 0 aliphatic heterocycles. The highest BCUT2D eigenvalue weighted by Crippen LogP contribution is 2.30. The van der Waals surface area contributed by atoms with E-state index in [1.165, 1.54) is 6.07 Å². The van der Waals surface area contributed by atoms with E-state index in [1.807, 2.05) is 44.2 Å². The molecule has 33 heavy (non-hydrogen) atoms. The number of ether oxygens (including phenoxy) is 2. The maximum atomic E-state index is 12.4. The molecule has 3 rings (SSSR count). The van der Waals surface area contributed by atoms with E-state index in [1.54, 1.807) is 12.1 Å². The molecular weight excluding hydrogens is 422 g/mol. The van der Waals surface area contributed by atoms with Crippen LogP contribution in [0.1, 0.15) is 49.3 Å². The van der Waals surface area contributed by atoms with E-state index in [0.717, 1.165) is 29.5 Å². The van der Waals surface area contributed by atoms with Gasteiger partial charge in [-0.15, -0.1) is 0 Å². The molecule has 1 aromatic heterocycles. The number of carbonyl (C=O) groups excluding carboxylic acids is 2. The van der Waals surface area contributed by atoms with Gasteiger partial charge in [-0.2, -0.15) is 0 Å². The van der Waals surface area contributed by atoms with Crippen LogP contribution < -0.4 is 15.7 Å². The standard InChI is InChI=1S/C26H29NO6/c1-3-20-16-24(29)33-22-15-18(2)14-21(25(20)22)32-23(28)12-8-5-9-13-27-26(30)31-17-19-10-6-4-7-11-19/h4,6-7,10-11,14-16H,3,5,8-9,12-13,17H2,1-2H3,(H,27,30). The van der Waals surface area contributed by atoms with Crippen molar-refractivity contribution in [2.45, 2.75) is 52.6 Å². The van der Waals surface area contributed by atoms with Crippen molar-refractivity contribution >= 4 is 23.0 Å². The molecule has 3 aromatic rings. The number of nitrogens with one attached hydrogen (secondary N) is 1. The van der Waals surface area contributed by atoms with Crippen LogP contribution in [0.5, 0.6) is 5.75 Å². The number of unbranched alkanes of at least 4 members (excludes halogenated alkanes) is 2. The Morgan fingerprint density at radius 2 is 1.82 bits per heavy atom. The Hall–Kier alpha value is -3.61. The van der Waals surface area contributed by atoms with Gasteiger partial charge in [0.25, 0.3) is 0 Å². The van der Waals surface area contributed by atoms with Gasteiger partial charge in [0.05, 0.1) is 5.39 Å². The minimum atomic E-state index is -0.456. The second-order valence-corrected chi connectivity index (χ2v) is 7.85. The Morgan fingerprint density at radius 1 is 1.03 bits per heavy atom. The maximum Gasteiger partial charge on any atom is 0.407 e. The van der Waals surface area contributed by atoms with Gasteiger partial charge < -0.3 is 19.2 Å². The molecule has 174 valence electrons. The van der Waals surface area contributed by atoms with Crippen molar-refractivity contribution < 1.29 is 23.5 Å². The minimum absolute atomic E-state index is 0.231. The molecule has 0 fully saturated rings. The molecule has 1 heterocycles. The molecule has 0 aliphatic carbocycles. The van der Waals surface area contributed by atoms with Crippen LogP contribution in [-0.2, 0) is 22.6 Å². The van der Waals surface area contributed by atoms with Crippen molar-refractivity contribution in [2.24, 2.45) is 0 Å². The van der Waals surface area contributed by atoms with Crippen LogP contribution >= 0.6 is 0 Å². The summed E-state index contributed by atoms with van der Waals surface area (Å²) in [5, 5.41) is 3.37. The van der Waals surface area contributed by atoms with Gasteiger partial charge in [0, 0.05) is 19.0 Å². The summed E-state index contributed by atoms with van der Waals surface area (Å²) in [4.78, 5) is 35.9. The average molecular weight is 452 g/mol. The van der Waals surface area contributed by atoms with Crippen LogP contribution in [0, 0.1) is 6.92 Å². The van der Waals surface area contributed by atoms with Crippen LogP contribution in [0.3, 0.4) is 0 Å². The summed E-state index contributed by atoms with van der Waals surface area (Å²) < 4.78 is 16.1. The summed E-state index contributed by atoms with van der Waals surface area (Å²) in [5.41, 5.74) is 2.56. The predicted octanol–water partition coefficient (Wildman–Crippen LogP) is 5.06. The first-order chi connectivity index (χ1) is 16.0. The van der Waals surface area contributed by atoms with E-state index in [2.05, 4.69) is 5.32 Å². The highest BCUT2D eigenvalue weighted by molar-refractivity contribution is 5.90. The Balaban J connectivity index is 1.41. The van der Waals surface area contributed by atoms with Gasteiger partial charge in [-0.25, -0.2) is 9.59 Å². The smallest absolute Gasteiger partial charge is 0.407 e. The van der Waals surface area contributed by atoms with Crippen molar-refractivity contribution in [2.75, 3.05) is 6.54 Å². The van der Waals surface area contributed by atoms with Crippen molar-refractivity contribution in [1.29, 1.82) is 0 Å². The predicted molar refractivity (Wildman–Crippen MR) is 125 cm³/mol. The molecule has 0 radical (unpaired) electrons. The first-order valence-electron chi connectivity index (χ1n) is 11.2. The third-order valence-electron chi connectivity index (χ3n) is 5.18. The van der Waals surface area contributed by atoms with Gasteiger partial charge in [-0.1, -0.05) is 43.7 Å². The molecule has 0 saturated heterocycles. The molecular formula is C26H29NO6. The largest absolute Gasteiger partial charge is 0.445 e. The number of carbonyl (C=O) groups is 2. The molecule has 1 N–H and O–H groups in total. The normalized spacial score (nSPS) is 10.7. The Bertz CT molecular complexity index is 1150. The molecule has 7 nitrogen and oxygen atoms in total. The molecule has 0 unspecified atom stereocenters. The van der Waals surface area contributed by atoms with E-state index in [0.29, 0.717) is 36.1 Å². The van der Waals surface area contributed by atoms with Crippen molar-refractivity contribution in [3.05, 3.63) is 75.6 Å². The number of benzene rings is 2. The lowest BCUT2D eigenvalue weighted by molar-refractivity contribution is -0.134. The van der Waals surface area contributed by atoms with Gasteiger partial charge in [0.2, 0.25) is 0 Å². The summed E-state index contributed by atoms with van der Waals surface area (Å²) in [6, 6.07) is 14.5. The van der Waals surface area contributed by atoms with Gasteiger partial charge in [-0.3, -0.25) is 4.79 Å². The number of esters is 1. The van der Waals surface area contributed by atoms with E-state index in [4.69, 9.17) is 13.9 Å². The molecule has 0 spiro atoms.